The minimum atomic E-state index is -0.351. The van der Waals surface area contributed by atoms with Crippen LogP contribution in [0.2, 0.25) is 0 Å². The van der Waals surface area contributed by atoms with Gasteiger partial charge in [0, 0.05) is 12.6 Å². The maximum atomic E-state index is 13.4. The van der Waals surface area contributed by atoms with Crippen molar-refractivity contribution in [1.82, 2.24) is 5.32 Å². The summed E-state index contributed by atoms with van der Waals surface area (Å²) in [6.45, 7) is 2.83. The van der Waals surface area contributed by atoms with E-state index in [0.717, 1.165) is 5.56 Å². The molecule has 90 valence electrons. The van der Waals surface area contributed by atoms with Crippen molar-refractivity contribution in [3.05, 3.63) is 29.6 Å². The number of nitrogens with one attached hydrogen (secondary N) is 1. The summed E-state index contributed by atoms with van der Waals surface area (Å²) in [7, 11) is 1.45. The average Bonchev–Trinajstić information content (AvgIpc) is 2.29. The number of hydrogen-bond donors (Lipinski definition) is 2. The topological polar surface area (TPSA) is 41.5 Å². The van der Waals surface area contributed by atoms with Gasteiger partial charge in [-0.2, -0.15) is 0 Å². The van der Waals surface area contributed by atoms with Crippen molar-refractivity contribution in [3.8, 4) is 5.75 Å². The predicted molar refractivity (Wildman–Crippen MR) is 61.1 cm³/mol. The predicted octanol–water partition coefficient (Wildman–Crippen LogP) is 1.87. The first-order chi connectivity index (χ1) is 7.69. The first-order valence-corrected chi connectivity index (χ1v) is 5.36. The monoisotopic (exact) mass is 227 g/mol. The quantitative estimate of drug-likeness (QED) is 0.729. The highest BCUT2D eigenvalue weighted by molar-refractivity contribution is 5.30. The lowest BCUT2D eigenvalue weighted by Crippen LogP contribution is -2.20. The lowest BCUT2D eigenvalue weighted by molar-refractivity contribution is 0.284. The van der Waals surface area contributed by atoms with E-state index in [0.29, 0.717) is 13.0 Å². The zero-order chi connectivity index (χ0) is 12.0. The first kappa shape index (κ1) is 12.9. The van der Waals surface area contributed by atoms with Gasteiger partial charge in [0.05, 0.1) is 7.11 Å². The van der Waals surface area contributed by atoms with E-state index in [9.17, 15) is 4.39 Å². The Hall–Kier alpha value is -1.13. The summed E-state index contributed by atoms with van der Waals surface area (Å²) in [5.74, 6) is -0.0953. The van der Waals surface area contributed by atoms with E-state index >= 15 is 0 Å². The van der Waals surface area contributed by atoms with E-state index in [1.807, 2.05) is 13.0 Å². The molecule has 1 aromatic rings. The molecule has 0 aliphatic heterocycles. The van der Waals surface area contributed by atoms with Gasteiger partial charge in [0.2, 0.25) is 0 Å². The molecule has 2 N–H and O–H groups in total. The lowest BCUT2D eigenvalue weighted by Gasteiger charge is -2.14. The molecule has 1 aromatic carbocycles. The molecule has 0 saturated heterocycles. The number of ether oxygens (including phenoxy) is 1. The molecule has 0 radical (unpaired) electrons. The van der Waals surface area contributed by atoms with E-state index in [-0.39, 0.29) is 24.2 Å². The molecule has 0 saturated carbocycles. The van der Waals surface area contributed by atoms with Crippen molar-refractivity contribution in [2.75, 3.05) is 20.3 Å². The number of methoxy groups -OCH3 is 1. The van der Waals surface area contributed by atoms with Gasteiger partial charge in [-0.25, -0.2) is 4.39 Å². The summed E-state index contributed by atoms with van der Waals surface area (Å²) in [4.78, 5) is 0. The maximum absolute atomic E-state index is 13.4. The normalized spacial score (nSPS) is 12.5. The van der Waals surface area contributed by atoms with Gasteiger partial charge in [0.15, 0.2) is 11.6 Å². The van der Waals surface area contributed by atoms with Crippen LogP contribution in [0.3, 0.4) is 0 Å². The van der Waals surface area contributed by atoms with E-state index in [4.69, 9.17) is 9.84 Å². The summed E-state index contributed by atoms with van der Waals surface area (Å²) in [6.07, 6.45) is 0.697. The first-order valence-electron chi connectivity index (χ1n) is 5.36. The highest BCUT2D eigenvalue weighted by Crippen LogP contribution is 2.21. The van der Waals surface area contributed by atoms with Gasteiger partial charge in [0.25, 0.3) is 0 Å². The van der Waals surface area contributed by atoms with Crippen LogP contribution in [0.15, 0.2) is 18.2 Å². The van der Waals surface area contributed by atoms with E-state index < -0.39 is 0 Å². The van der Waals surface area contributed by atoms with Crippen molar-refractivity contribution < 1.29 is 14.2 Å². The summed E-state index contributed by atoms with van der Waals surface area (Å²) in [6, 6.07) is 4.98. The van der Waals surface area contributed by atoms with Gasteiger partial charge >= 0.3 is 0 Å². The Kier molecular flexibility index (Phi) is 5.22. The van der Waals surface area contributed by atoms with Crippen molar-refractivity contribution in [2.24, 2.45) is 0 Å². The van der Waals surface area contributed by atoms with Crippen molar-refractivity contribution in [1.29, 1.82) is 0 Å². The third-order valence-electron chi connectivity index (χ3n) is 2.46. The second-order valence-electron chi connectivity index (χ2n) is 3.65. The molecule has 0 bridgehead atoms. The Morgan fingerprint density at radius 3 is 2.81 bits per heavy atom. The molecular weight excluding hydrogens is 209 g/mol. The van der Waals surface area contributed by atoms with Crippen LogP contribution >= 0.6 is 0 Å². The second kappa shape index (κ2) is 6.45. The molecule has 0 heterocycles. The molecule has 16 heavy (non-hydrogen) atoms. The molecule has 0 fully saturated rings. The Labute approximate surface area is 95.2 Å². The zero-order valence-electron chi connectivity index (χ0n) is 9.66. The molecule has 3 nitrogen and oxygen atoms in total. The van der Waals surface area contributed by atoms with Crippen LogP contribution in [0, 0.1) is 5.82 Å². The second-order valence-corrected chi connectivity index (χ2v) is 3.65. The number of rotatable bonds is 6. The minimum absolute atomic E-state index is 0.0620. The van der Waals surface area contributed by atoms with Crippen LogP contribution < -0.4 is 10.1 Å². The summed E-state index contributed by atoms with van der Waals surface area (Å²) >= 11 is 0. The Morgan fingerprint density at radius 2 is 2.25 bits per heavy atom. The largest absolute Gasteiger partial charge is 0.494 e. The van der Waals surface area contributed by atoms with E-state index in [1.165, 1.54) is 13.2 Å². The van der Waals surface area contributed by atoms with Gasteiger partial charge < -0.3 is 15.2 Å². The number of halogens is 1. The number of aliphatic hydroxyl groups is 1. The Balaban J connectivity index is 2.62. The van der Waals surface area contributed by atoms with Gasteiger partial charge in [0.1, 0.15) is 0 Å². The third-order valence-corrected chi connectivity index (χ3v) is 2.46. The highest BCUT2D eigenvalue weighted by Gasteiger charge is 2.08. The average molecular weight is 227 g/mol. The van der Waals surface area contributed by atoms with Crippen LogP contribution in [-0.4, -0.2) is 25.4 Å². The van der Waals surface area contributed by atoms with Crippen LogP contribution in [0.1, 0.15) is 24.9 Å². The maximum Gasteiger partial charge on any atom is 0.165 e. The number of benzene rings is 1. The molecule has 0 amide bonds. The molecular formula is C12H18FNO2. The zero-order valence-corrected chi connectivity index (χ0v) is 9.66. The van der Waals surface area contributed by atoms with Gasteiger partial charge in [-0.1, -0.05) is 6.07 Å². The minimum Gasteiger partial charge on any atom is -0.494 e. The molecule has 1 unspecified atom stereocenters. The summed E-state index contributed by atoms with van der Waals surface area (Å²) < 4.78 is 18.3. The Bertz CT molecular complexity index is 331. The molecule has 1 atom stereocenters. The molecule has 0 aliphatic carbocycles. The summed E-state index contributed by atoms with van der Waals surface area (Å²) in [5, 5.41) is 11.8. The smallest absolute Gasteiger partial charge is 0.165 e. The number of aliphatic hydroxyl groups excluding tert-OH is 1. The summed E-state index contributed by atoms with van der Waals surface area (Å²) in [5.41, 5.74) is 0.872. The fourth-order valence-corrected chi connectivity index (χ4v) is 1.47. The van der Waals surface area contributed by atoms with Crippen LogP contribution in [0.25, 0.3) is 0 Å². The number of hydrogen-bond acceptors (Lipinski definition) is 3. The molecule has 0 aromatic heterocycles. The SMILES string of the molecule is COc1ccc(C(C)NCCCO)cc1F. The van der Waals surface area contributed by atoms with E-state index in [2.05, 4.69) is 5.32 Å². The Morgan fingerprint density at radius 1 is 1.50 bits per heavy atom. The fourth-order valence-electron chi connectivity index (χ4n) is 1.47. The standard InChI is InChI=1S/C12H18FNO2/c1-9(14-6-3-7-15)10-4-5-12(16-2)11(13)8-10/h4-5,8-9,14-15H,3,6-7H2,1-2H3. The molecule has 1 rings (SSSR count). The molecule has 0 spiro atoms. The molecule has 0 aliphatic rings. The van der Waals surface area contributed by atoms with Crippen molar-refractivity contribution in [3.63, 3.8) is 0 Å². The van der Waals surface area contributed by atoms with Crippen molar-refractivity contribution in [2.45, 2.75) is 19.4 Å². The van der Waals surface area contributed by atoms with Crippen LogP contribution in [0.5, 0.6) is 5.75 Å². The lowest BCUT2D eigenvalue weighted by atomic mass is 10.1. The highest BCUT2D eigenvalue weighted by atomic mass is 19.1. The van der Waals surface area contributed by atoms with Crippen LogP contribution in [0.4, 0.5) is 4.39 Å². The van der Waals surface area contributed by atoms with Gasteiger partial charge in [-0.15, -0.1) is 0 Å². The van der Waals surface area contributed by atoms with Crippen molar-refractivity contribution >= 4 is 0 Å². The third kappa shape index (κ3) is 3.47. The van der Waals surface area contributed by atoms with Gasteiger partial charge in [-0.05, 0) is 37.6 Å². The molecule has 4 heteroatoms. The van der Waals surface area contributed by atoms with E-state index in [1.54, 1.807) is 6.07 Å². The van der Waals surface area contributed by atoms with Crippen LogP contribution in [-0.2, 0) is 0 Å². The fraction of sp³-hybridized carbons (Fsp3) is 0.500. The van der Waals surface area contributed by atoms with Gasteiger partial charge in [-0.3, -0.25) is 0 Å².